The van der Waals surface area contributed by atoms with Crippen LogP contribution >= 0.6 is 38.5 Å². The molecule has 0 saturated heterocycles. The summed E-state index contributed by atoms with van der Waals surface area (Å²) in [6, 6.07) is 0. The minimum Gasteiger partial charge on any atom is -0.383 e. The van der Waals surface area contributed by atoms with Gasteiger partial charge in [-0.25, -0.2) is 9.37 Å². The molecule has 10 heavy (non-hydrogen) atoms. The summed E-state index contributed by atoms with van der Waals surface area (Å²) < 4.78 is 13.6. The Morgan fingerprint density at radius 2 is 2.30 bits per heavy atom. The first-order valence-electron chi connectivity index (χ1n) is 2.38. The fraction of sp³-hybridized carbons (Fsp3) is 0. The first-order valence-corrected chi connectivity index (χ1v) is 4.25. The van der Waals surface area contributed by atoms with Gasteiger partial charge in [0.2, 0.25) is 0 Å². The molecule has 2 nitrogen and oxygen atoms in total. The Hall–Kier alpha value is 0.0900. The van der Waals surface area contributed by atoms with E-state index in [0.717, 1.165) is 6.20 Å². The normalized spacial score (nSPS) is 9.90. The van der Waals surface area contributed by atoms with Gasteiger partial charge in [0.05, 0.1) is 14.2 Å². The third-order valence-electron chi connectivity index (χ3n) is 0.944. The minimum atomic E-state index is -0.390. The molecule has 5 heteroatoms. The maximum Gasteiger partial charge on any atom is 0.156 e. The van der Waals surface area contributed by atoms with Crippen molar-refractivity contribution in [2.75, 3.05) is 5.73 Å². The van der Waals surface area contributed by atoms with Crippen molar-refractivity contribution < 1.29 is 4.39 Å². The van der Waals surface area contributed by atoms with Gasteiger partial charge in [-0.05, 0) is 38.5 Å². The van der Waals surface area contributed by atoms with Crippen LogP contribution in [0, 0.1) is 9.39 Å². The van der Waals surface area contributed by atoms with Crippen LogP contribution in [0.2, 0.25) is 0 Å². The standard InChI is InChI=1S/C5H3BrFIN2/c6-3-2(7)1-10-5(9)4(3)8/h1H,(H2,9,10). The first-order chi connectivity index (χ1) is 4.63. The number of halogens is 3. The fourth-order valence-corrected chi connectivity index (χ4v) is 1.16. The zero-order chi connectivity index (χ0) is 7.72. The quantitative estimate of drug-likeness (QED) is 0.745. The highest BCUT2D eigenvalue weighted by Crippen LogP contribution is 2.24. The Labute approximate surface area is 79.3 Å². The summed E-state index contributed by atoms with van der Waals surface area (Å²) in [5.41, 5.74) is 5.37. The first kappa shape index (κ1) is 8.19. The Morgan fingerprint density at radius 1 is 1.70 bits per heavy atom. The van der Waals surface area contributed by atoms with Gasteiger partial charge in [-0.3, -0.25) is 0 Å². The molecule has 0 radical (unpaired) electrons. The molecule has 0 aromatic carbocycles. The van der Waals surface area contributed by atoms with E-state index in [9.17, 15) is 4.39 Å². The third-order valence-corrected chi connectivity index (χ3v) is 3.55. The Kier molecular flexibility index (Phi) is 2.45. The van der Waals surface area contributed by atoms with E-state index >= 15 is 0 Å². The maximum absolute atomic E-state index is 12.6. The summed E-state index contributed by atoms with van der Waals surface area (Å²) in [5.74, 6) is -0.0486. The summed E-state index contributed by atoms with van der Waals surface area (Å²) in [6.45, 7) is 0. The van der Waals surface area contributed by atoms with E-state index in [-0.39, 0.29) is 0 Å². The van der Waals surface area contributed by atoms with E-state index in [1.165, 1.54) is 0 Å². The van der Waals surface area contributed by atoms with Crippen molar-refractivity contribution >= 4 is 44.3 Å². The molecule has 1 heterocycles. The number of rotatable bonds is 0. The largest absolute Gasteiger partial charge is 0.383 e. The van der Waals surface area contributed by atoms with Crippen LogP contribution in [0.3, 0.4) is 0 Å². The maximum atomic E-state index is 12.6. The molecule has 0 bridgehead atoms. The van der Waals surface area contributed by atoms with Gasteiger partial charge < -0.3 is 5.73 Å². The van der Waals surface area contributed by atoms with Crippen LogP contribution in [0.25, 0.3) is 0 Å². The molecule has 1 rings (SSSR count). The molecule has 54 valence electrons. The monoisotopic (exact) mass is 316 g/mol. The lowest BCUT2D eigenvalue weighted by Crippen LogP contribution is -1.95. The van der Waals surface area contributed by atoms with Crippen molar-refractivity contribution in [2.24, 2.45) is 0 Å². The Bertz CT molecular complexity index is 239. The third kappa shape index (κ3) is 1.39. The van der Waals surface area contributed by atoms with Gasteiger partial charge in [0, 0.05) is 0 Å². The zero-order valence-corrected chi connectivity index (χ0v) is 8.48. The summed E-state index contributed by atoms with van der Waals surface area (Å²) >= 11 is 4.95. The fourth-order valence-electron chi connectivity index (χ4n) is 0.457. The van der Waals surface area contributed by atoms with Gasteiger partial charge in [-0.15, -0.1) is 0 Å². The van der Waals surface area contributed by atoms with E-state index in [4.69, 9.17) is 5.73 Å². The smallest absolute Gasteiger partial charge is 0.156 e. The number of hydrogen-bond acceptors (Lipinski definition) is 2. The molecule has 0 atom stereocenters. The van der Waals surface area contributed by atoms with Gasteiger partial charge in [0.1, 0.15) is 5.82 Å². The van der Waals surface area contributed by atoms with Gasteiger partial charge in [0.15, 0.2) is 5.82 Å². The average Bonchev–Trinajstić information content (AvgIpc) is 1.93. The lowest BCUT2D eigenvalue weighted by Gasteiger charge is -1.99. The zero-order valence-electron chi connectivity index (χ0n) is 4.74. The molecular weight excluding hydrogens is 314 g/mol. The summed E-state index contributed by atoms with van der Waals surface area (Å²) in [6.07, 6.45) is 1.08. The van der Waals surface area contributed by atoms with Crippen molar-refractivity contribution in [3.05, 3.63) is 20.1 Å². The van der Waals surface area contributed by atoms with Crippen LogP contribution in [0.4, 0.5) is 10.2 Å². The van der Waals surface area contributed by atoms with Gasteiger partial charge in [0.25, 0.3) is 0 Å². The van der Waals surface area contributed by atoms with E-state index in [1.807, 2.05) is 22.6 Å². The second-order valence-corrected chi connectivity index (χ2v) is 3.49. The van der Waals surface area contributed by atoms with Gasteiger partial charge in [-0.1, -0.05) is 0 Å². The second-order valence-electron chi connectivity index (χ2n) is 1.62. The van der Waals surface area contributed by atoms with Crippen molar-refractivity contribution in [3.63, 3.8) is 0 Å². The van der Waals surface area contributed by atoms with Crippen molar-refractivity contribution in [1.29, 1.82) is 0 Å². The summed E-state index contributed by atoms with van der Waals surface area (Å²) in [5, 5.41) is 0. The van der Waals surface area contributed by atoms with Gasteiger partial charge in [-0.2, -0.15) is 0 Å². The topological polar surface area (TPSA) is 38.9 Å². The summed E-state index contributed by atoms with van der Waals surface area (Å²) in [4.78, 5) is 3.60. The number of nitrogens with zero attached hydrogens (tertiary/aromatic N) is 1. The number of nitrogens with two attached hydrogens (primary N) is 1. The van der Waals surface area contributed by atoms with E-state index in [1.54, 1.807) is 0 Å². The Morgan fingerprint density at radius 3 is 2.80 bits per heavy atom. The van der Waals surface area contributed by atoms with E-state index in [2.05, 4.69) is 20.9 Å². The highest BCUT2D eigenvalue weighted by Gasteiger charge is 2.06. The average molecular weight is 317 g/mol. The number of hydrogen-bond donors (Lipinski definition) is 1. The van der Waals surface area contributed by atoms with Crippen LogP contribution in [-0.4, -0.2) is 4.98 Å². The van der Waals surface area contributed by atoms with Crippen molar-refractivity contribution in [1.82, 2.24) is 4.98 Å². The highest BCUT2D eigenvalue weighted by atomic mass is 127. The molecule has 1 aromatic rings. The van der Waals surface area contributed by atoms with Crippen molar-refractivity contribution in [2.45, 2.75) is 0 Å². The molecule has 1 aromatic heterocycles. The number of pyridine rings is 1. The van der Waals surface area contributed by atoms with Crippen LogP contribution < -0.4 is 5.73 Å². The number of anilines is 1. The number of nitrogen functional groups attached to an aromatic ring is 1. The molecule has 2 N–H and O–H groups in total. The van der Waals surface area contributed by atoms with Crippen molar-refractivity contribution in [3.8, 4) is 0 Å². The van der Waals surface area contributed by atoms with Crippen LogP contribution in [-0.2, 0) is 0 Å². The van der Waals surface area contributed by atoms with E-state index < -0.39 is 5.82 Å². The second kappa shape index (κ2) is 3.00. The highest BCUT2D eigenvalue weighted by molar-refractivity contribution is 14.1. The lowest BCUT2D eigenvalue weighted by molar-refractivity contribution is 0.613. The molecule has 0 amide bonds. The predicted octanol–water partition coefficient (Wildman–Crippen LogP) is 2.17. The van der Waals surface area contributed by atoms with Gasteiger partial charge >= 0.3 is 0 Å². The molecular formula is C5H3BrFIN2. The number of aromatic nitrogens is 1. The molecule has 0 unspecified atom stereocenters. The minimum absolute atomic E-state index is 0.342. The van der Waals surface area contributed by atoms with E-state index in [0.29, 0.717) is 13.9 Å². The Balaban J connectivity index is 3.34. The molecule has 0 spiro atoms. The molecule has 0 aliphatic rings. The predicted molar refractivity (Wildman–Crippen MR) is 49.0 cm³/mol. The molecule has 0 aliphatic heterocycles. The molecule has 0 saturated carbocycles. The van der Waals surface area contributed by atoms with Crippen LogP contribution in [0.1, 0.15) is 0 Å². The molecule has 0 fully saturated rings. The SMILES string of the molecule is Nc1ncc(F)c(Br)c1I. The van der Waals surface area contributed by atoms with Crippen LogP contribution in [0.5, 0.6) is 0 Å². The summed E-state index contributed by atoms with van der Waals surface area (Å²) in [7, 11) is 0. The lowest BCUT2D eigenvalue weighted by atomic mass is 10.4. The molecule has 0 aliphatic carbocycles. The van der Waals surface area contributed by atoms with Crippen LogP contribution in [0.15, 0.2) is 10.7 Å².